The molecule has 1 aliphatic heterocycles. The van der Waals surface area contributed by atoms with Crippen LogP contribution in [-0.4, -0.2) is 42.7 Å². The zero-order chi connectivity index (χ0) is 12.8. The lowest BCUT2D eigenvalue weighted by molar-refractivity contribution is -0.0813. The van der Waals surface area contributed by atoms with Crippen LogP contribution in [0.25, 0.3) is 0 Å². The summed E-state index contributed by atoms with van der Waals surface area (Å²) in [5, 5.41) is 19.5. The third-order valence-electron chi connectivity index (χ3n) is 3.50. The standard InChI is InChI=1S/C13H24O4/c1-4-10-5-6-11(7-14)13(15)12(8-16-3)17-9(10)2/h11-15H,4-8H2,1-3H3. The van der Waals surface area contributed by atoms with Crippen LogP contribution in [0.5, 0.6) is 0 Å². The van der Waals surface area contributed by atoms with Crippen molar-refractivity contribution in [2.75, 3.05) is 20.3 Å². The summed E-state index contributed by atoms with van der Waals surface area (Å²) in [4.78, 5) is 0. The Morgan fingerprint density at radius 1 is 1.47 bits per heavy atom. The molecule has 100 valence electrons. The number of methoxy groups -OCH3 is 1. The largest absolute Gasteiger partial charge is 0.490 e. The van der Waals surface area contributed by atoms with Crippen LogP contribution in [0.1, 0.15) is 33.1 Å². The van der Waals surface area contributed by atoms with E-state index in [0.29, 0.717) is 6.61 Å². The van der Waals surface area contributed by atoms with Gasteiger partial charge in [0.25, 0.3) is 0 Å². The van der Waals surface area contributed by atoms with Crippen molar-refractivity contribution in [3.05, 3.63) is 11.3 Å². The molecule has 0 aromatic heterocycles. The van der Waals surface area contributed by atoms with Crippen LogP contribution in [0.3, 0.4) is 0 Å². The van der Waals surface area contributed by atoms with E-state index in [1.165, 1.54) is 5.57 Å². The first-order valence-electron chi connectivity index (χ1n) is 6.27. The van der Waals surface area contributed by atoms with E-state index < -0.39 is 6.10 Å². The Hall–Kier alpha value is -0.580. The van der Waals surface area contributed by atoms with Gasteiger partial charge in [0.2, 0.25) is 0 Å². The predicted octanol–water partition coefficient (Wildman–Crippen LogP) is 1.47. The van der Waals surface area contributed by atoms with E-state index in [9.17, 15) is 10.2 Å². The lowest BCUT2D eigenvalue weighted by Crippen LogP contribution is -2.41. The molecular weight excluding hydrogens is 220 g/mol. The summed E-state index contributed by atoms with van der Waals surface area (Å²) < 4.78 is 10.8. The molecule has 3 unspecified atom stereocenters. The molecular formula is C13H24O4. The van der Waals surface area contributed by atoms with E-state index in [2.05, 4.69) is 6.92 Å². The van der Waals surface area contributed by atoms with E-state index in [1.807, 2.05) is 6.92 Å². The molecule has 2 N–H and O–H groups in total. The van der Waals surface area contributed by atoms with Gasteiger partial charge in [-0.3, -0.25) is 0 Å². The number of allylic oxidation sites excluding steroid dienone is 2. The minimum atomic E-state index is -0.673. The molecule has 4 nitrogen and oxygen atoms in total. The van der Waals surface area contributed by atoms with Gasteiger partial charge in [-0.25, -0.2) is 0 Å². The van der Waals surface area contributed by atoms with Gasteiger partial charge in [0.1, 0.15) is 6.10 Å². The van der Waals surface area contributed by atoms with Gasteiger partial charge in [-0.2, -0.15) is 0 Å². The highest BCUT2D eigenvalue weighted by Crippen LogP contribution is 2.27. The first-order valence-corrected chi connectivity index (χ1v) is 6.27. The number of rotatable bonds is 4. The molecule has 3 atom stereocenters. The monoisotopic (exact) mass is 244 g/mol. The smallest absolute Gasteiger partial charge is 0.147 e. The van der Waals surface area contributed by atoms with Gasteiger partial charge in [-0.05, 0) is 31.8 Å². The second-order valence-corrected chi connectivity index (χ2v) is 4.60. The fourth-order valence-corrected chi connectivity index (χ4v) is 2.31. The Balaban J connectivity index is 2.86. The first-order chi connectivity index (χ1) is 8.13. The van der Waals surface area contributed by atoms with E-state index in [1.54, 1.807) is 7.11 Å². The van der Waals surface area contributed by atoms with E-state index >= 15 is 0 Å². The summed E-state index contributed by atoms with van der Waals surface area (Å²) in [7, 11) is 1.59. The molecule has 0 aliphatic carbocycles. The summed E-state index contributed by atoms with van der Waals surface area (Å²) in [5.41, 5.74) is 1.26. The van der Waals surface area contributed by atoms with Crippen LogP contribution in [-0.2, 0) is 9.47 Å². The molecule has 0 radical (unpaired) electrons. The second kappa shape index (κ2) is 6.99. The molecule has 0 aromatic rings. The summed E-state index contributed by atoms with van der Waals surface area (Å²) in [6, 6.07) is 0. The van der Waals surface area contributed by atoms with Gasteiger partial charge >= 0.3 is 0 Å². The Morgan fingerprint density at radius 2 is 2.18 bits per heavy atom. The molecule has 0 fully saturated rings. The summed E-state index contributed by atoms with van der Waals surface area (Å²) >= 11 is 0. The molecule has 17 heavy (non-hydrogen) atoms. The molecule has 0 aromatic carbocycles. The number of aliphatic hydroxyl groups is 2. The van der Waals surface area contributed by atoms with Crippen molar-refractivity contribution in [1.82, 2.24) is 0 Å². The van der Waals surface area contributed by atoms with Gasteiger partial charge in [-0.1, -0.05) is 6.92 Å². The highest BCUT2D eigenvalue weighted by atomic mass is 16.5. The van der Waals surface area contributed by atoms with Gasteiger partial charge in [0.05, 0.1) is 18.5 Å². The van der Waals surface area contributed by atoms with Gasteiger partial charge < -0.3 is 19.7 Å². The topological polar surface area (TPSA) is 58.9 Å². The summed E-state index contributed by atoms with van der Waals surface area (Å²) in [6.45, 7) is 4.36. The van der Waals surface area contributed by atoms with E-state index in [0.717, 1.165) is 25.0 Å². The highest BCUT2D eigenvalue weighted by Gasteiger charge is 2.31. The zero-order valence-electron chi connectivity index (χ0n) is 11.0. The Labute approximate surface area is 103 Å². The SMILES string of the molecule is CCC1=C(C)OC(COC)C(O)C(CO)CC1. The van der Waals surface area contributed by atoms with Gasteiger partial charge in [0.15, 0.2) is 0 Å². The number of hydrogen-bond donors (Lipinski definition) is 2. The Morgan fingerprint density at radius 3 is 2.71 bits per heavy atom. The molecule has 1 aliphatic rings. The minimum absolute atomic E-state index is 0.0131. The maximum atomic E-state index is 10.2. The zero-order valence-corrected chi connectivity index (χ0v) is 11.0. The maximum Gasteiger partial charge on any atom is 0.147 e. The van der Waals surface area contributed by atoms with Crippen molar-refractivity contribution < 1.29 is 19.7 Å². The predicted molar refractivity (Wildman–Crippen MR) is 65.6 cm³/mol. The maximum absolute atomic E-state index is 10.2. The average Bonchev–Trinajstić information content (AvgIpc) is 2.32. The highest BCUT2D eigenvalue weighted by molar-refractivity contribution is 5.08. The van der Waals surface area contributed by atoms with Crippen molar-refractivity contribution in [3.63, 3.8) is 0 Å². The third kappa shape index (κ3) is 3.69. The molecule has 1 rings (SSSR count). The van der Waals surface area contributed by atoms with Crippen LogP contribution in [0, 0.1) is 5.92 Å². The molecule has 0 spiro atoms. The summed E-state index contributed by atoms with van der Waals surface area (Å²) in [5.74, 6) is 0.759. The molecule has 0 amide bonds. The van der Waals surface area contributed by atoms with Crippen molar-refractivity contribution in [2.24, 2.45) is 5.92 Å². The summed E-state index contributed by atoms with van der Waals surface area (Å²) in [6.07, 6.45) is 1.55. The first kappa shape index (κ1) is 14.5. The van der Waals surface area contributed by atoms with Crippen molar-refractivity contribution in [1.29, 1.82) is 0 Å². The quantitative estimate of drug-likeness (QED) is 0.786. The molecule has 1 heterocycles. The number of ether oxygens (including phenoxy) is 2. The fourth-order valence-electron chi connectivity index (χ4n) is 2.31. The van der Waals surface area contributed by atoms with Crippen molar-refractivity contribution in [2.45, 2.75) is 45.3 Å². The van der Waals surface area contributed by atoms with Crippen LogP contribution in [0.2, 0.25) is 0 Å². The Bertz CT molecular complexity index is 262. The number of aliphatic hydroxyl groups excluding tert-OH is 2. The Kier molecular flexibility index (Phi) is 5.95. The van der Waals surface area contributed by atoms with Crippen molar-refractivity contribution >= 4 is 0 Å². The van der Waals surface area contributed by atoms with Crippen molar-refractivity contribution in [3.8, 4) is 0 Å². The van der Waals surface area contributed by atoms with Crippen LogP contribution in [0.15, 0.2) is 11.3 Å². The average molecular weight is 244 g/mol. The lowest BCUT2D eigenvalue weighted by Gasteiger charge is -2.32. The van der Waals surface area contributed by atoms with E-state index in [-0.39, 0.29) is 18.6 Å². The molecule has 0 bridgehead atoms. The van der Waals surface area contributed by atoms with Crippen LogP contribution in [0.4, 0.5) is 0 Å². The normalized spacial score (nSPS) is 30.8. The number of hydrogen-bond acceptors (Lipinski definition) is 4. The molecule has 0 saturated heterocycles. The molecule has 4 heteroatoms. The fraction of sp³-hybridized carbons (Fsp3) is 0.846. The van der Waals surface area contributed by atoms with Crippen LogP contribution < -0.4 is 0 Å². The van der Waals surface area contributed by atoms with Gasteiger partial charge in [-0.15, -0.1) is 0 Å². The van der Waals surface area contributed by atoms with Gasteiger partial charge in [0, 0.05) is 19.6 Å². The second-order valence-electron chi connectivity index (χ2n) is 4.60. The minimum Gasteiger partial charge on any atom is -0.490 e. The lowest BCUT2D eigenvalue weighted by atomic mass is 9.89. The van der Waals surface area contributed by atoms with Crippen LogP contribution >= 0.6 is 0 Å². The van der Waals surface area contributed by atoms with E-state index in [4.69, 9.17) is 9.47 Å². The third-order valence-corrected chi connectivity index (χ3v) is 3.50. The molecule has 0 saturated carbocycles.